The summed E-state index contributed by atoms with van der Waals surface area (Å²) in [5.74, 6) is 0.606. The van der Waals surface area contributed by atoms with Crippen LogP contribution in [0.1, 0.15) is 23.0 Å². The number of carbonyl (C=O) groups excluding carboxylic acids is 1. The van der Waals surface area contributed by atoms with Crippen molar-refractivity contribution in [3.05, 3.63) is 72.1 Å². The second-order valence-corrected chi connectivity index (χ2v) is 5.48. The van der Waals surface area contributed by atoms with Crippen LogP contribution >= 0.6 is 0 Å². The van der Waals surface area contributed by atoms with Crippen LogP contribution in [0.25, 0.3) is 5.69 Å². The van der Waals surface area contributed by atoms with Crippen LogP contribution in [0.2, 0.25) is 0 Å². The highest BCUT2D eigenvalue weighted by Crippen LogP contribution is 2.23. The molecule has 0 amide bonds. The second kappa shape index (κ2) is 8.20. The van der Waals surface area contributed by atoms with Gasteiger partial charge in [-0.3, -0.25) is 0 Å². The Morgan fingerprint density at radius 1 is 1.12 bits per heavy atom. The second-order valence-electron chi connectivity index (χ2n) is 5.48. The van der Waals surface area contributed by atoms with Crippen LogP contribution in [0.5, 0.6) is 11.5 Å². The minimum absolute atomic E-state index is 0.151. The Labute approximate surface area is 151 Å². The lowest BCUT2D eigenvalue weighted by Crippen LogP contribution is -2.08. The molecule has 0 aliphatic rings. The molecule has 0 radical (unpaired) electrons. The molecule has 2 aromatic carbocycles. The molecule has 0 aliphatic heterocycles. The van der Waals surface area contributed by atoms with Gasteiger partial charge in [-0.2, -0.15) is 5.10 Å². The zero-order chi connectivity index (χ0) is 18.4. The molecule has 6 heteroatoms. The van der Waals surface area contributed by atoms with Crippen LogP contribution in [0.15, 0.2) is 60.8 Å². The summed E-state index contributed by atoms with van der Waals surface area (Å²) >= 11 is 0. The summed E-state index contributed by atoms with van der Waals surface area (Å²) in [5.41, 5.74) is 1.90. The van der Waals surface area contributed by atoms with Crippen molar-refractivity contribution < 1.29 is 19.0 Å². The molecule has 6 nitrogen and oxygen atoms in total. The first kappa shape index (κ1) is 17.5. The van der Waals surface area contributed by atoms with E-state index in [-0.39, 0.29) is 18.9 Å². The smallest absolute Gasteiger partial charge is 0.362 e. The summed E-state index contributed by atoms with van der Waals surface area (Å²) in [6, 6.07) is 17.1. The standard InChI is InChI=1S/C20H20N2O4/c1-3-25-20(23)19-18(13-22(21-19)16-9-5-4-6-10-16)26-14-15-8-7-11-17(12-15)24-2/h4-13H,3,14H2,1-2H3. The van der Waals surface area contributed by atoms with E-state index >= 15 is 0 Å². The Hall–Kier alpha value is -3.28. The summed E-state index contributed by atoms with van der Waals surface area (Å²) < 4.78 is 17.8. The molecule has 0 bridgehead atoms. The largest absolute Gasteiger partial charge is 0.497 e. The first-order chi connectivity index (χ1) is 12.7. The number of benzene rings is 2. The fraction of sp³-hybridized carbons (Fsp3) is 0.200. The van der Waals surface area contributed by atoms with Gasteiger partial charge in [-0.15, -0.1) is 0 Å². The van der Waals surface area contributed by atoms with Crippen LogP contribution in [0.4, 0.5) is 0 Å². The monoisotopic (exact) mass is 352 g/mol. The Balaban J connectivity index is 1.86. The third-order valence-corrected chi connectivity index (χ3v) is 3.70. The van der Waals surface area contributed by atoms with E-state index in [1.165, 1.54) is 0 Å². The molecule has 1 aromatic heterocycles. The fourth-order valence-electron chi connectivity index (χ4n) is 2.44. The van der Waals surface area contributed by atoms with Crippen molar-refractivity contribution in [2.75, 3.05) is 13.7 Å². The van der Waals surface area contributed by atoms with Gasteiger partial charge in [0.1, 0.15) is 12.4 Å². The molecular weight excluding hydrogens is 332 g/mol. The minimum atomic E-state index is -0.511. The number of hydrogen-bond donors (Lipinski definition) is 0. The lowest BCUT2D eigenvalue weighted by atomic mass is 10.2. The minimum Gasteiger partial charge on any atom is -0.497 e. The highest BCUT2D eigenvalue weighted by molar-refractivity contribution is 5.90. The summed E-state index contributed by atoms with van der Waals surface area (Å²) in [6.45, 7) is 2.30. The summed E-state index contributed by atoms with van der Waals surface area (Å²) in [4.78, 5) is 12.2. The molecule has 0 spiro atoms. The predicted molar refractivity (Wildman–Crippen MR) is 96.8 cm³/mol. The average molecular weight is 352 g/mol. The number of para-hydroxylation sites is 1. The SMILES string of the molecule is CCOC(=O)c1nn(-c2ccccc2)cc1OCc1cccc(OC)c1. The number of aromatic nitrogens is 2. The maximum Gasteiger partial charge on any atom is 0.362 e. The Kier molecular flexibility index (Phi) is 5.53. The number of methoxy groups -OCH3 is 1. The van der Waals surface area contributed by atoms with E-state index in [4.69, 9.17) is 14.2 Å². The van der Waals surface area contributed by atoms with Gasteiger partial charge in [-0.1, -0.05) is 30.3 Å². The quantitative estimate of drug-likeness (QED) is 0.608. The number of nitrogens with zero attached hydrogens (tertiary/aromatic N) is 2. The maximum absolute atomic E-state index is 12.2. The Morgan fingerprint density at radius 3 is 2.65 bits per heavy atom. The first-order valence-corrected chi connectivity index (χ1v) is 8.29. The van der Waals surface area contributed by atoms with E-state index in [2.05, 4.69) is 5.10 Å². The van der Waals surface area contributed by atoms with Crippen molar-refractivity contribution in [3.8, 4) is 17.2 Å². The zero-order valence-corrected chi connectivity index (χ0v) is 14.7. The molecule has 0 fully saturated rings. The molecule has 3 aromatic rings. The number of carbonyl (C=O) groups is 1. The molecule has 0 aliphatic carbocycles. The Morgan fingerprint density at radius 2 is 1.92 bits per heavy atom. The molecule has 134 valence electrons. The predicted octanol–water partition coefficient (Wildman–Crippen LogP) is 3.64. The molecule has 0 N–H and O–H groups in total. The van der Waals surface area contributed by atoms with Crippen LogP contribution in [-0.4, -0.2) is 29.5 Å². The normalized spacial score (nSPS) is 10.4. The number of hydrogen-bond acceptors (Lipinski definition) is 5. The van der Waals surface area contributed by atoms with Crippen LogP contribution in [0, 0.1) is 0 Å². The molecule has 0 unspecified atom stereocenters. The van der Waals surface area contributed by atoms with Crippen molar-refractivity contribution >= 4 is 5.97 Å². The zero-order valence-electron chi connectivity index (χ0n) is 14.7. The van der Waals surface area contributed by atoms with Gasteiger partial charge < -0.3 is 14.2 Å². The highest BCUT2D eigenvalue weighted by atomic mass is 16.5. The lowest BCUT2D eigenvalue weighted by molar-refractivity contribution is 0.0514. The van der Waals surface area contributed by atoms with Gasteiger partial charge in [0.15, 0.2) is 5.75 Å². The fourth-order valence-corrected chi connectivity index (χ4v) is 2.44. The first-order valence-electron chi connectivity index (χ1n) is 8.29. The van der Waals surface area contributed by atoms with Gasteiger partial charge in [0.2, 0.25) is 5.69 Å². The van der Waals surface area contributed by atoms with Crippen molar-refractivity contribution in [1.29, 1.82) is 0 Å². The van der Waals surface area contributed by atoms with Crippen molar-refractivity contribution in [2.24, 2.45) is 0 Å². The van der Waals surface area contributed by atoms with Crippen molar-refractivity contribution in [3.63, 3.8) is 0 Å². The average Bonchev–Trinajstić information content (AvgIpc) is 3.12. The Bertz CT molecular complexity index is 875. The van der Waals surface area contributed by atoms with Gasteiger partial charge in [0, 0.05) is 0 Å². The third-order valence-electron chi connectivity index (χ3n) is 3.70. The van der Waals surface area contributed by atoms with Gasteiger partial charge in [-0.25, -0.2) is 9.48 Å². The van der Waals surface area contributed by atoms with E-state index in [0.717, 1.165) is 17.0 Å². The summed E-state index contributed by atoms with van der Waals surface area (Å²) in [5, 5.41) is 4.34. The lowest BCUT2D eigenvalue weighted by Gasteiger charge is -2.07. The molecule has 1 heterocycles. The van der Waals surface area contributed by atoms with Crippen molar-refractivity contribution in [1.82, 2.24) is 9.78 Å². The summed E-state index contributed by atoms with van der Waals surface area (Å²) in [6.07, 6.45) is 1.68. The van der Waals surface area contributed by atoms with E-state index in [9.17, 15) is 4.79 Å². The van der Waals surface area contributed by atoms with Gasteiger partial charge in [0.25, 0.3) is 0 Å². The maximum atomic E-state index is 12.2. The van der Waals surface area contributed by atoms with Crippen LogP contribution in [-0.2, 0) is 11.3 Å². The van der Waals surface area contributed by atoms with E-state index in [0.29, 0.717) is 5.75 Å². The molecule has 0 saturated carbocycles. The molecule has 0 atom stereocenters. The van der Waals surface area contributed by atoms with Gasteiger partial charge in [0.05, 0.1) is 25.6 Å². The van der Waals surface area contributed by atoms with E-state index < -0.39 is 5.97 Å². The molecular formula is C20H20N2O4. The van der Waals surface area contributed by atoms with Gasteiger partial charge in [-0.05, 0) is 36.8 Å². The van der Waals surface area contributed by atoms with Crippen LogP contribution in [0.3, 0.4) is 0 Å². The number of esters is 1. The van der Waals surface area contributed by atoms with Crippen molar-refractivity contribution in [2.45, 2.75) is 13.5 Å². The highest BCUT2D eigenvalue weighted by Gasteiger charge is 2.20. The van der Waals surface area contributed by atoms with E-state index in [1.54, 1.807) is 24.9 Å². The number of rotatable bonds is 7. The summed E-state index contributed by atoms with van der Waals surface area (Å²) in [7, 11) is 1.61. The molecule has 0 saturated heterocycles. The topological polar surface area (TPSA) is 62.6 Å². The molecule has 3 rings (SSSR count). The number of ether oxygens (including phenoxy) is 3. The van der Waals surface area contributed by atoms with Crippen LogP contribution < -0.4 is 9.47 Å². The van der Waals surface area contributed by atoms with Gasteiger partial charge >= 0.3 is 5.97 Å². The third kappa shape index (κ3) is 4.03. The molecule has 26 heavy (non-hydrogen) atoms. The van der Waals surface area contributed by atoms with E-state index in [1.807, 2.05) is 54.6 Å².